The van der Waals surface area contributed by atoms with Crippen LogP contribution in [0, 0.1) is 13.8 Å². The van der Waals surface area contributed by atoms with Crippen molar-refractivity contribution >= 4 is 25.8 Å². The molecule has 0 bridgehead atoms. The maximum absolute atomic E-state index is 11.7. The first-order valence-electron chi connectivity index (χ1n) is 5.13. The normalized spacial score (nSPS) is 11.8. The van der Waals surface area contributed by atoms with E-state index in [4.69, 9.17) is 0 Å². The molecule has 0 aliphatic rings. The quantitative estimate of drug-likeness (QED) is 0.831. The lowest BCUT2D eigenvalue weighted by Crippen LogP contribution is -2.27. The van der Waals surface area contributed by atoms with Gasteiger partial charge in [-0.15, -0.1) is 0 Å². The summed E-state index contributed by atoms with van der Waals surface area (Å²) in [5, 5.41) is 0. The van der Waals surface area contributed by atoms with E-state index < -0.39 is 9.84 Å². The van der Waals surface area contributed by atoms with Gasteiger partial charge in [0.25, 0.3) is 0 Å². The third-order valence-corrected chi connectivity index (χ3v) is 4.61. The minimum absolute atomic E-state index is 0.0738. The van der Waals surface area contributed by atoms with Gasteiger partial charge in [0.15, 0.2) is 0 Å². The fraction of sp³-hybridized carbons (Fsp3) is 0.600. The Labute approximate surface area is 109 Å². The van der Waals surface area contributed by atoms with E-state index in [1.165, 1.54) is 10.8 Å². The zero-order valence-corrected chi connectivity index (χ0v) is 12.4. The Morgan fingerprint density at radius 1 is 1.35 bits per heavy atom. The van der Waals surface area contributed by atoms with Gasteiger partial charge in [-0.05, 0) is 36.2 Å². The third-order valence-electron chi connectivity index (χ3n) is 2.43. The van der Waals surface area contributed by atoms with Crippen LogP contribution in [0.2, 0.25) is 0 Å². The van der Waals surface area contributed by atoms with Crippen LogP contribution < -0.4 is 5.69 Å². The van der Waals surface area contributed by atoms with E-state index in [1.54, 1.807) is 13.8 Å². The molecule has 0 amide bonds. The van der Waals surface area contributed by atoms with Crippen LogP contribution in [0.15, 0.2) is 9.27 Å². The van der Waals surface area contributed by atoms with Gasteiger partial charge in [0.2, 0.25) is 0 Å². The molecule has 1 aromatic rings. The Morgan fingerprint density at radius 3 is 2.47 bits per heavy atom. The Kier molecular flexibility index (Phi) is 4.48. The lowest BCUT2D eigenvalue weighted by molar-refractivity contribution is 0.580. The standard InChI is InChI=1S/C10H15BrN2O3S/c1-7-9(11)8(2)13(10(14)12-7)5-4-6-17(3,15)16/h4-6H2,1-3H3. The molecule has 0 fully saturated rings. The van der Waals surface area contributed by atoms with Crippen LogP contribution in [0.1, 0.15) is 17.8 Å². The summed E-state index contributed by atoms with van der Waals surface area (Å²) in [4.78, 5) is 15.5. The Bertz CT molecular complexity index is 578. The summed E-state index contributed by atoms with van der Waals surface area (Å²) in [5.74, 6) is 0.0738. The summed E-state index contributed by atoms with van der Waals surface area (Å²) < 4.78 is 24.3. The second-order valence-corrected chi connectivity index (χ2v) is 7.07. The minimum Gasteiger partial charge on any atom is -0.295 e. The largest absolute Gasteiger partial charge is 0.348 e. The number of nitrogens with zero attached hydrogens (tertiary/aromatic N) is 2. The zero-order valence-electron chi connectivity index (χ0n) is 10.0. The molecule has 1 heterocycles. The van der Waals surface area contributed by atoms with E-state index in [2.05, 4.69) is 20.9 Å². The fourth-order valence-corrected chi connectivity index (χ4v) is 2.48. The van der Waals surface area contributed by atoms with Crippen LogP contribution in [0.5, 0.6) is 0 Å². The number of sulfone groups is 1. The topological polar surface area (TPSA) is 69.0 Å². The molecule has 0 radical (unpaired) electrons. The Morgan fingerprint density at radius 2 is 1.94 bits per heavy atom. The van der Waals surface area contributed by atoms with Crippen LogP contribution in [0.25, 0.3) is 0 Å². The molecule has 1 aromatic heterocycles. The van der Waals surface area contributed by atoms with Crippen LogP contribution >= 0.6 is 15.9 Å². The van der Waals surface area contributed by atoms with Gasteiger partial charge in [-0.1, -0.05) is 0 Å². The number of hydrogen-bond acceptors (Lipinski definition) is 4. The van der Waals surface area contributed by atoms with Crippen molar-refractivity contribution in [1.82, 2.24) is 9.55 Å². The number of aromatic nitrogens is 2. The van der Waals surface area contributed by atoms with E-state index in [0.29, 0.717) is 18.7 Å². The van der Waals surface area contributed by atoms with E-state index >= 15 is 0 Å². The van der Waals surface area contributed by atoms with E-state index in [0.717, 1.165) is 10.2 Å². The highest BCUT2D eigenvalue weighted by molar-refractivity contribution is 9.10. The summed E-state index contributed by atoms with van der Waals surface area (Å²) in [6, 6.07) is 0. The Balaban J connectivity index is 2.93. The number of hydrogen-bond donors (Lipinski definition) is 0. The molecule has 0 N–H and O–H groups in total. The average molecular weight is 323 g/mol. The van der Waals surface area contributed by atoms with E-state index in [9.17, 15) is 13.2 Å². The smallest absolute Gasteiger partial charge is 0.295 e. The lowest BCUT2D eigenvalue weighted by atomic mass is 10.3. The molecule has 0 aliphatic heterocycles. The molecular formula is C10H15BrN2O3S. The van der Waals surface area contributed by atoms with Gasteiger partial charge in [-0.25, -0.2) is 13.2 Å². The molecule has 0 spiro atoms. The van der Waals surface area contributed by atoms with E-state index in [1.807, 2.05) is 0 Å². The highest BCUT2D eigenvalue weighted by Gasteiger charge is 2.10. The second-order valence-electron chi connectivity index (χ2n) is 4.01. The lowest BCUT2D eigenvalue weighted by Gasteiger charge is -2.11. The van der Waals surface area contributed by atoms with Gasteiger partial charge in [-0.2, -0.15) is 4.98 Å². The fourth-order valence-electron chi connectivity index (χ4n) is 1.52. The summed E-state index contributed by atoms with van der Waals surface area (Å²) in [6.45, 7) is 3.92. The molecule has 0 aliphatic carbocycles. The monoisotopic (exact) mass is 322 g/mol. The predicted octanol–water partition coefficient (Wildman–Crippen LogP) is 1.06. The number of aryl methyl sites for hydroxylation is 1. The molecule has 0 unspecified atom stereocenters. The van der Waals surface area contributed by atoms with Gasteiger partial charge in [0.05, 0.1) is 15.9 Å². The maximum Gasteiger partial charge on any atom is 0.348 e. The maximum atomic E-state index is 11.7. The van der Waals surface area contributed by atoms with Crippen molar-refractivity contribution in [3.05, 3.63) is 26.3 Å². The SMILES string of the molecule is Cc1nc(=O)n(CCCS(C)(=O)=O)c(C)c1Br. The van der Waals surface area contributed by atoms with Crippen LogP contribution in [0.4, 0.5) is 0 Å². The summed E-state index contributed by atoms with van der Waals surface area (Å²) in [7, 11) is -2.99. The predicted molar refractivity (Wildman–Crippen MR) is 70.0 cm³/mol. The van der Waals surface area contributed by atoms with E-state index in [-0.39, 0.29) is 11.4 Å². The van der Waals surface area contributed by atoms with Crippen molar-refractivity contribution in [2.45, 2.75) is 26.8 Å². The first-order valence-corrected chi connectivity index (χ1v) is 7.99. The second kappa shape index (κ2) is 5.30. The van der Waals surface area contributed by atoms with Crippen molar-refractivity contribution < 1.29 is 8.42 Å². The molecular weight excluding hydrogens is 308 g/mol. The molecule has 0 saturated heterocycles. The summed E-state index contributed by atoms with van der Waals surface area (Å²) >= 11 is 3.36. The molecule has 0 saturated carbocycles. The van der Waals surface area contributed by atoms with Crippen molar-refractivity contribution in [1.29, 1.82) is 0 Å². The molecule has 17 heavy (non-hydrogen) atoms. The van der Waals surface area contributed by atoms with Crippen molar-refractivity contribution in [2.75, 3.05) is 12.0 Å². The first kappa shape index (κ1) is 14.4. The van der Waals surface area contributed by atoms with Crippen LogP contribution in [-0.2, 0) is 16.4 Å². The highest BCUT2D eigenvalue weighted by atomic mass is 79.9. The minimum atomic E-state index is -2.99. The van der Waals surface area contributed by atoms with Crippen LogP contribution in [0.3, 0.4) is 0 Å². The number of halogens is 1. The molecule has 7 heteroatoms. The third kappa shape index (κ3) is 3.92. The Hall–Kier alpha value is -0.690. The summed E-state index contributed by atoms with van der Waals surface area (Å²) in [5.41, 5.74) is 1.08. The van der Waals surface area contributed by atoms with Gasteiger partial charge < -0.3 is 0 Å². The van der Waals surface area contributed by atoms with Gasteiger partial charge >= 0.3 is 5.69 Å². The van der Waals surface area contributed by atoms with Crippen molar-refractivity contribution in [3.63, 3.8) is 0 Å². The number of rotatable bonds is 4. The molecule has 1 rings (SSSR count). The van der Waals surface area contributed by atoms with Crippen molar-refractivity contribution in [3.8, 4) is 0 Å². The first-order chi connectivity index (χ1) is 7.72. The van der Waals surface area contributed by atoms with Crippen molar-refractivity contribution in [2.24, 2.45) is 0 Å². The van der Waals surface area contributed by atoms with Crippen LogP contribution in [-0.4, -0.2) is 30.0 Å². The molecule has 0 atom stereocenters. The molecule has 96 valence electrons. The molecule has 5 nitrogen and oxygen atoms in total. The average Bonchev–Trinajstić information content (AvgIpc) is 2.18. The summed E-state index contributed by atoms with van der Waals surface area (Å²) in [6.07, 6.45) is 1.60. The van der Waals surface area contributed by atoms with Gasteiger partial charge in [0, 0.05) is 18.5 Å². The zero-order chi connectivity index (χ0) is 13.2. The van der Waals surface area contributed by atoms with Gasteiger partial charge in [0.1, 0.15) is 9.84 Å². The highest BCUT2D eigenvalue weighted by Crippen LogP contribution is 2.16. The van der Waals surface area contributed by atoms with Gasteiger partial charge in [-0.3, -0.25) is 4.57 Å². The molecule has 0 aromatic carbocycles.